The first kappa shape index (κ1) is 20.2. The zero-order valence-electron chi connectivity index (χ0n) is 15.9. The summed E-state index contributed by atoms with van der Waals surface area (Å²) in [7, 11) is 1.72. The quantitative estimate of drug-likeness (QED) is 0.619. The van der Waals surface area contributed by atoms with E-state index >= 15 is 0 Å². The average Bonchev–Trinajstić information content (AvgIpc) is 2.62. The first-order chi connectivity index (χ1) is 12.0. The molecule has 144 valence electrons. The highest BCUT2D eigenvalue weighted by atomic mass is 16.5. The smallest absolute Gasteiger partial charge is 0.223 e. The summed E-state index contributed by atoms with van der Waals surface area (Å²) in [5.74, 6) is 0.263. The van der Waals surface area contributed by atoms with Gasteiger partial charge in [-0.25, -0.2) is 0 Å². The first-order valence-corrected chi connectivity index (χ1v) is 9.81. The number of piperidine rings is 1. The number of hydrogen-bond acceptors (Lipinski definition) is 4. The third-order valence-electron chi connectivity index (χ3n) is 5.63. The van der Waals surface area contributed by atoms with Gasteiger partial charge < -0.3 is 20.7 Å². The summed E-state index contributed by atoms with van der Waals surface area (Å²) in [5.41, 5.74) is 0.0320. The van der Waals surface area contributed by atoms with Gasteiger partial charge in [-0.05, 0) is 45.7 Å². The van der Waals surface area contributed by atoms with Crippen LogP contribution in [0.15, 0.2) is 0 Å². The maximum Gasteiger partial charge on any atom is 0.223 e. The molecule has 0 radical (unpaired) electrons. The Balaban J connectivity index is 1.71. The van der Waals surface area contributed by atoms with Gasteiger partial charge in [-0.2, -0.15) is 0 Å². The van der Waals surface area contributed by atoms with Gasteiger partial charge in [0.1, 0.15) is 0 Å². The lowest BCUT2D eigenvalue weighted by Gasteiger charge is -2.37. The lowest BCUT2D eigenvalue weighted by Crippen LogP contribution is -2.48. The first-order valence-electron chi connectivity index (χ1n) is 9.81. The summed E-state index contributed by atoms with van der Waals surface area (Å²) >= 11 is 0. The largest absolute Gasteiger partial charge is 0.384 e. The van der Waals surface area contributed by atoms with Crippen molar-refractivity contribution in [2.45, 2.75) is 64.3 Å². The van der Waals surface area contributed by atoms with Crippen molar-refractivity contribution >= 4 is 11.8 Å². The van der Waals surface area contributed by atoms with Crippen molar-refractivity contribution < 1.29 is 14.3 Å². The molecule has 6 heteroatoms. The van der Waals surface area contributed by atoms with Crippen molar-refractivity contribution in [2.75, 3.05) is 33.4 Å². The fourth-order valence-electron chi connectivity index (χ4n) is 4.05. The molecule has 2 rings (SSSR count). The Bertz CT molecular complexity index is 424. The van der Waals surface area contributed by atoms with Crippen LogP contribution in [0.1, 0.15) is 58.3 Å². The zero-order valence-corrected chi connectivity index (χ0v) is 15.9. The Labute approximate surface area is 151 Å². The summed E-state index contributed by atoms with van der Waals surface area (Å²) in [6, 6.07) is -0.124. The molecule has 1 heterocycles. The molecule has 0 spiro atoms. The zero-order chi connectivity index (χ0) is 18.1. The van der Waals surface area contributed by atoms with E-state index in [2.05, 4.69) is 16.0 Å². The average molecular weight is 354 g/mol. The summed E-state index contributed by atoms with van der Waals surface area (Å²) in [4.78, 5) is 24.5. The van der Waals surface area contributed by atoms with Crippen LogP contribution in [-0.4, -0.2) is 51.2 Å². The van der Waals surface area contributed by atoms with E-state index in [-0.39, 0.29) is 29.2 Å². The summed E-state index contributed by atoms with van der Waals surface area (Å²) in [5, 5.41) is 9.44. The van der Waals surface area contributed by atoms with E-state index in [1.165, 1.54) is 6.42 Å². The number of hydrogen-bond donors (Lipinski definition) is 3. The Morgan fingerprint density at radius 3 is 2.52 bits per heavy atom. The normalized spacial score (nSPS) is 22.2. The highest BCUT2D eigenvalue weighted by molar-refractivity contribution is 5.81. The van der Waals surface area contributed by atoms with E-state index in [1.54, 1.807) is 7.11 Å². The second kappa shape index (κ2) is 10.1. The summed E-state index contributed by atoms with van der Waals surface area (Å²) < 4.78 is 5.38. The molecule has 0 aromatic carbocycles. The molecule has 1 atom stereocenters. The van der Waals surface area contributed by atoms with Crippen LogP contribution in [0.5, 0.6) is 0 Å². The Morgan fingerprint density at radius 1 is 1.20 bits per heavy atom. The van der Waals surface area contributed by atoms with E-state index in [1.807, 2.05) is 6.92 Å². The Morgan fingerprint density at radius 2 is 1.88 bits per heavy atom. The fourth-order valence-corrected chi connectivity index (χ4v) is 4.05. The van der Waals surface area contributed by atoms with E-state index in [0.717, 1.165) is 51.6 Å². The van der Waals surface area contributed by atoms with Crippen LogP contribution >= 0.6 is 0 Å². The third kappa shape index (κ3) is 6.59. The molecule has 2 fully saturated rings. The predicted octanol–water partition coefficient (Wildman–Crippen LogP) is 1.59. The monoisotopic (exact) mass is 353 g/mol. The number of ether oxygens (including phenoxy) is 1. The standard InChI is InChI=1S/C19H35N3O3/c1-15(22-18(24)16-6-4-3-5-7-16)12-17(23)21-13-19(14-25-2)8-10-20-11-9-19/h15-16,20H,3-14H2,1-2H3,(H,21,23)(H,22,24). The Hall–Kier alpha value is -1.14. The van der Waals surface area contributed by atoms with E-state index < -0.39 is 0 Å². The van der Waals surface area contributed by atoms with Gasteiger partial charge in [0.15, 0.2) is 0 Å². The van der Waals surface area contributed by atoms with Crippen LogP contribution in [0.3, 0.4) is 0 Å². The number of carbonyl (C=O) groups excluding carboxylic acids is 2. The van der Waals surface area contributed by atoms with E-state index in [4.69, 9.17) is 4.74 Å². The van der Waals surface area contributed by atoms with Gasteiger partial charge in [0.2, 0.25) is 11.8 Å². The number of methoxy groups -OCH3 is 1. The summed E-state index contributed by atoms with van der Waals surface area (Å²) in [6.45, 7) is 5.16. The Kier molecular flexibility index (Phi) is 8.16. The molecule has 0 bridgehead atoms. The van der Waals surface area contributed by atoms with Crippen LogP contribution < -0.4 is 16.0 Å². The van der Waals surface area contributed by atoms with Crippen LogP contribution in [0, 0.1) is 11.3 Å². The number of carbonyl (C=O) groups is 2. The van der Waals surface area contributed by atoms with Gasteiger partial charge in [-0.3, -0.25) is 9.59 Å². The van der Waals surface area contributed by atoms with Gasteiger partial charge in [-0.1, -0.05) is 19.3 Å². The van der Waals surface area contributed by atoms with Gasteiger partial charge in [0, 0.05) is 37.5 Å². The molecule has 2 aliphatic rings. The maximum atomic E-state index is 12.3. The van der Waals surface area contributed by atoms with Crippen LogP contribution in [0.2, 0.25) is 0 Å². The van der Waals surface area contributed by atoms with Gasteiger partial charge in [-0.15, -0.1) is 0 Å². The van der Waals surface area contributed by atoms with Gasteiger partial charge in [0.25, 0.3) is 0 Å². The lowest BCUT2D eigenvalue weighted by atomic mass is 9.79. The molecular formula is C19H35N3O3. The van der Waals surface area contributed by atoms with E-state index in [9.17, 15) is 9.59 Å². The topological polar surface area (TPSA) is 79.5 Å². The number of rotatable bonds is 8. The van der Waals surface area contributed by atoms with Crippen molar-refractivity contribution in [1.29, 1.82) is 0 Å². The van der Waals surface area contributed by atoms with Crippen molar-refractivity contribution in [2.24, 2.45) is 11.3 Å². The lowest BCUT2D eigenvalue weighted by molar-refractivity contribution is -0.127. The second-order valence-corrected chi connectivity index (χ2v) is 7.91. The molecule has 1 unspecified atom stereocenters. The maximum absolute atomic E-state index is 12.3. The van der Waals surface area contributed by atoms with Crippen molar-refractivity contribution in [3.8, 4) is 0 Å². The van der Waals surface area contributed by atoms with Crippen molar-refractivity contribution in [1.82, 2.24) is 16.0 Å². The number of amides is 2. The molecule has 25 heavy (non-hydrogen) atoms. The number of nitrogens with one attached hydrogen (secondary N) is 3. The van der Waals surface area contributed by atoms with Crippen LogP contribution in [0.25, 0.3) is 0 Å². The molecule has 2 amide bonds. The third-order valence-corrected chi connectivity index (χ3v) is 5.63. The highest BCUT2D eigenvalue weighted by Gasteiger charge is 2.32. The van der Waals surface area contributed by atoms with E-state index in [0.29, 0.717) is 19.6 Å². The SMILES string of the molecule is COCC1(CNC(=O)CC(C)NC(=O)C2CCCCC2)CCNCC1. The van der Waals surface area contributed by atoms with Gasteiger partial charge >= 0.3 is 0 Å². The second-order valence-electron chi connectivity index (χ2n) is 7.91. The van der Waals surface area contributed by atoms with Crippen molar-refractivity contribution in [3.05, 3.63) is 0 Å². The minimum absolute atomic E-state index is 0.00505. The fraction of sp³-hybridized carbons (Fsp3) is 0.895. The molecule has 1 saturated carbocycles. The van der Waals surface area contributed by atoms with Crippen molar-refractivity contribution in [3.63, 3.8) is 0 Å². The van der Waals surface area contributed by atoms with Crippen LogP contribution in [-0.2, 0) is 14.3 Å². The molecule has 1 saturated heterocycles. The molecular weight excluding hydrogens is 318 g/mol. The molecule has 0 aromatic heterocycles. The molecule has 3 N–H and O–H groups in total. The molecule has 1 aliphatic carbocycles. The minimum atomic E-state index is -0.124. The summed E-state index contributed by atoms with van der Waals surface area (Å²) in [6.07, 6.45) is 7.84. The van der Waals surface area contributed by atoms with Gasteiger partial charge in [0.05, 0.1) is 6.61 Å². The minimum Gasteiger partial charge on any atom is -0.384 e. The molecule has 0 aromatic rings. The van der Waals surface area contributed by atoms with Crippen LogP contribution in [0.4, 0.5) is 0 Å². The molecule has 6 nitrogen and oxygen atoms in total. The molecule has 1 aliphatic heterocycles. The predicted molar refractivity (Wildman–Crippen MR) is 98.2 cm³/mol. The highest BCUT2D eigenvalue weighted by Crippen LogP contribution is 2.28.